The van der Waals surface area contributed by atoms with Gasteiger partial charge in [0.2, 0.25) is 5.78 Å². The monoisotopic (exact) mass is 324 g/mol. The van der Waals surface area contributed by atoms with Crippen LogP contribution in [-0.2, 0) is 0 Å². The molecule has 0 saturated carbocycles. The molecule has 0 fully saturated rings. The summed E-state index contributed by atoms with van der Waals surface area (Å²) in [6.45, 7) is 2.00. The van der Waals surface area contributed by atoms with Crippen LogP contribution in [0.4, 0.5) is 0 Å². The van der Waals surface area contributed by atoms with Gasteiger partial charge in [0.15, 0.2) is 0 Å². The Balaban J connectivity index is 1.89. The topological polar surface area (TPSA) is 42.9 Å². The Kier molecular flexibility index (Phi) is 3.82. The zero-order chi connectivity index (χ0) is 17.2. The van der Waals surface area contributed by atoms with Crippen molar-refractivity contribution in [3.05, 3.63) is 95.7 Å². The van der Waals surface area contributed by atoms with E-state index in [2.05, 4.69) is 10.2 Å². The van der Waals surface area contributed by atoms with Crippen LogP contribution in [0.15, 0.2) is 78.9 Å². The van der Waals surface area contributed by atoms with E-state index < -0.39 is 0 Å². The van der Waals surface area contributed by atoms with Crippen molar-refractivity contribution in [1.82, 2.24) is 10.2 Å². The molecule has 0 atom stereocenters. The van der Waals surface area contributed by atoms with Crippen molar-refractivity contribution in [1.29, 1.82) is 0 Å². The van der Waals surface area contributed by atoms with Crippen LogP contribution in [0.25, 0.3) is 22.0 Å². The number of nitrogens with zero attached hydrogens (tertiary/aromatic N) is 2. The summed E-state index contributed by atoms with van der Waals surface area (Å²) >= 11 is 0. The molecule has 3 aromatic carbocycles. The molecular weight excluding hydrogens is 308 g/mol. The zero-order valence-electron chi connectivity index (χ0n) is 13.8. The average molecular weight is 324 g/mol. The Hall–Kier alpha value is -3.33. The van der Waals surface area contributed by atoms with Gasteiger partial charge in [-0.3, -0.25) is 4.79 Å². The Morgan fingerprint density at radius 1 is 0.720 bits per heavy atom. The minimum atomic E-state index is -0.108. The van der Waals surface area contributed by atoms with Gasteiger partial charge in [-0.05, 0) is 6.92 Å². The fourth-order valence-corrected chi connectivity index (χ4v) is 2.92. The lowest BCUT2D eigenvalue weighted by Crippen LogP contribution is -2.07. The number of hydrogen-bond acceptors (Lipinski definition) is 3. The number of carbonyl (C=O) groups excluding carboxylic acids is 1. The first-order valence-corrected chi connectivity index (χ1v) is 8.16. The Morgan fingerprint density at radius 2 is 1.36 bits per heavy atom. The maximum Gasteiger partial charge on any atom is 0.213 e. The zero-order valence-corrected chi connectivity index (χ0v) is 13.8. The summed E-state index contributed by atoms with van der Waals surface area (Å²) in [5, 5.41) is 10.4. The van der Waals surface area contributed by atoms with E-state index >= 15 is 0 Å². The molecule has 4 rings (SSSR count). The van der Waals surface area contributed by atoms with Crippen LogP contribution < -0.4 is 0 Å². The van der Waals surface area contributed by atoms with Crippen LogP contribution in [0.5, 0.6) is 0 Å². The number of ketones is 1. The molecule has 0 bridgehead atoms. The molecule has 3 nitrogen and oxygen atoms in total. The molecule has 1 aromatic heterocycles. The molecule has 0 aliphatic carbocycles. The fourth-order valence-electron chi connectivity index (χ4n) is 2.92. The number of benzene rings is 3. The highest BCUT2D eigenvalue weighted by molar-refractivity contribution is 6.16. The van der Waals surface area contributed by atoms with Crippen LogP contribution in [-0.4, -0.2) is 16.0 Å². The molecular formula is C22H16N2O. The van der Waals surface area contributed by atoms with Crippen molar-refractivity contribution >= 4 is 16.6 Å². The molecule has 3 heteroatoms. The molecule has 0 aliphatic rings. The van der Waals surface area contributed by atoms with E-state index in [4.69, 9.17) is 0 Å². The largest absolute Gasteiger partial charge is 0.287 e. The van der Waals surface area contributed by atoms with Crippen molar-refractivity contribution in [2.75, 3.05) is 0 Å². The summed E-state index contributed by atoms with van der Waals surface area (Å²) in [4.78, 5) is 12.9. The first kappa shape index (κ1) is 15.2. The predicted octanol–water partition coefficient (Wildman–Crippen LogP) is 4.84. The molecule has 0 unspecified atom stereocenters. The number of carbonyl (C=O) groups is 1. The van der Waals surface area contributed by atoms with E-state index in [0.717, 1.165) is 27.6 Å². The Bertz CT molecular complexity index is 1050. The third-order valence-electron chi connectivity index (χ3n) is 4.26. The number of aryl methyl sites for hydroxylation is 1. The van der Waals surface area contributed by atoms with Crippen LogP contribution in [0.3, 0.4) is 0 Å². The molecule has 0 radical (unpaired) electrons. The normalized spacial score (nSPS) is 10.8. The summed E-state index contributed by atoms with van der Waals surface area (Å²) < 4.78 is 0. The van der Waals surface area contributed by atoms with Gasteiger partial charge in [-0.25, -0.2) is 0 Å². The van der Waals surface area contributed by atoms with Crippen molar-refractivity contribution < 1.29 is 4.79 Å². The Morgan fingerprint density at radius 3 is 2.08 bits per heavy atom. The molecule has 0 N–H and O–H groups in total. The first-order chi connectivity index (χ1) is 12.2. The summed E-state index contributed by atoms with van der Waals surface area (Å²) in [5.74, 6) is -0.108. The quantitative estimate of drug-likeness (QED) is 0.507. The van der Waals surface area contributed by atoms with E-state index in [-0.39, 0.29) is 5.78 Å². The van der Waals surface area contributed by atoms with Gasteiger partial charge in [-0.15, -0.1) is 10.2 Å². The molecule has 25 heavy (non-hydrogen) atoms. The van der Waals surface area contributed by atoms with Crippen LogP contribution >= 0.6 is 0 Å². The highest BCUT2D eigenvalue weighted by Gasteiger charge is 2.17. The van der Waals surface area contributed by atoms with Crippen LogP contribution in [0, 0.1) is 6.92 Å². The summed E-state index contributed by atoms with van der Waals surface area (Å²) in [5.41, 5.74) is 3.90. The average Bonchev–Trinajstić information content (AvgIpc) is 2.68. The summed E-state index contributed by atoms with van der Waals surface area (Å²) in [7, 11) is 0. The lowest BCUT2D eigenvalue weighted by Gasteiger charge is -2.09. The van der Waals surface area contributed by atoms with Crippen molar-refractivity contribution in [2.45, 2.75) is 6.92 Å². The minimum absolute atomic E-state index is 0.108. The third-order valence-corrected chi connectivity index (χ3v) is 4.26. The summed E-state index contributed by atoms with van der Waals surface area (Å²) in [6.07, 6.45) is 0. The smallest absolute Gasteiger partial charge is 0.213 e. The SMILES string of the molecule is Cc1ccc(C(=O)c2nnc(-c3ccccc3)c3ccccc23)cc1. The van der Waals surface area contributed by atoms with Gasteiger partial charge in [0.05, 0.1) is 0 Å². The maximum atomic E-state index is 12.9. The van der Waals surface area contributed by atoms with Gasteiger partial charge in [-0.2, -0.15) is 0 Å². The second-order valence-corrected chi connectivity index (χ2v) is 6.00. The molecule has 0 aliphatic heterocycles. The van der Waals surface area contributed by atoms with E-state index in [1.165, 1.54) is 0 Å². The van der Waals surface area contributed by atoms with Gasteiger partial charge in [-0.1, -0.05) is 84.4 Å². The van der Waals surface area contributed by atoms with Crippen molar-refractivity contribution in [3.8, 4) is 11.3 Å². The number of hydrogen-bond donors (Lipinski definition) is 0. The predicted molar refractivity (Wildman–Crippen MR) is 99.6 cm³/mol. The second-order valence-electron chi connectivity index (χ2n) is 6.00. The highest BCUT2D eigenvalue weighted by atomic mass is 16.1. The van der Waals surface area contributed by atoms with Crippen LogP contribution in [0.2, 0.25) is 0 Å². The van der Waals surface area contributed by atoms with E-state index in [9.17, 15) is 4.79 Å². The van der Waals surface area contributed by atoms with E-state index in [1.54, 1.807) is 0 Å². The second kappa shape index (κ2) is 6.29. The highest BCUT2D eigenvalue weighted by Crippen LogP contribution is 2.28. The number of rotatable bonds is 3. The molecule has 0 spiro atoms. The van der Waals surface area contributed by atoms with Gasteiger partial charge < -0.3 is 0 Å². The molecule has 120 valence electrons. The number of aromatic nitrogens is 2. The summed E-state index contributed by atoms with van der Waals surface area (Å²) in [6, 6.07) is 25.2. The lowest BCUT2D eigenvalue weighted by molar-refractivity contribution is 0.103. The van der Waals surface area contributed by atoms with Crippen molar-refractivity contribution in [3.63, 3.8) is 0 Å². The lowest BCUT2D eigenvalue weighted by atomic mass is 9.99. The standard InChI is InChI=1S/C22H16N2O/c1-15-11-13-17(14-12-15)22(25)21-19-10-6-5-9-18(19)20(23-24-21)16-7-3-2-4-8-16/h2-14H,1H3. The van der Waals surface area contributed by atoms with Gasteiger partial charge in [0.1, 0.15) is 11.4 Å². The molecule has 4 aromatic rings. The van der Waals surface area contributed by atoms with E-state index in [0.29, 0.717) is 11.3 Å². The molecule has 0 saturated heterocycles. The molecule has 1 heterocycles. The first-order valence-electron chi connectivity index (χ1n) is 8.16. The number of fused-ring (bicyclic) bond motifs is 1. The van der Waals surface area contributed by atoms with E-state index in [1.807, 2.05) is 85.8 Å². The Labute approximate surface area is 146 Å². The fraction of sp³-hybridized carbons (Fsp3) is 0.0455. The van der Waals surface area contributed by atoms with Crippen molar-refractivity contribution in [2.24, 2.45) is 0 Å². The van der Waals surface area contributed by atoms with Crippen LogP contribution in [0.1, 0.15) is 21.6 Å². The van der Waals surface area contributed by atoms with Gasteiger partial charge >= 0.3 is 0 Å². The van der Waals surface area contributed by atoms with Gasteiger partial charge in [0, 0.05) is 21.9 Å². The molecule has 0 amide bonds. The van der Waals surface area contributed by atoms with Gasteiger partial charge in [0.25, 0.3) is 0 Å². The minimum Gasteiger partial charge on any atom is -0.287 e. The third kappa shape index (κ3) is 2.81. The maximum absolute atomic E-state index is 12.9.